The second kappa shape index (κ2) is 4.78. The number of thioether (sulfide) groups is 1. The standard InChI is InChI=1S/C9H12N2O2S/c10-5-14-4-7(11)6-1-2-8(12)9(13)3-6/h1-4,12-13H,5,10-11H2/b7-4-. The molecule has 0 fully saturated rings. The van der Waals surface area contributed by atoms with Crippen molar-refractivity contribution in [1.29, 1.82) is 0 Å². The minimum absolute atomic E-state index is 0.159. The van der Waals surface area contributed by atoms with E-state index in [1.165, 1.54) is 23.9 Å². The van der Waals surface area contributed by atoms with Crippen LogP contribution in [0.2, 0.25) is 0 Å². The number of phenols is 2. The fraction of sp³-hybridized carbons (Fsp3) is 0.111. The van der Waals surface area contributed by atoms with Gasteiger partial charge in [-0.25, -0.2) is 0 Å². The van der Waals surface area contributed by atoms with Gasteiger partial charge in [-0.15, -0.1) is 11.8 Å². The lowest BCUT2D eigenvalue weighted by molar-refractivity contribution is 0.403. The molecule has 76 valence electrons. The van der Waals surface area contributed by atoms with Gasteiger partial charge in [0.15, 0.2) is 11.5 Å². The summed E-state index contributed by atoms with van der Waals surface area (Å²) in [5.74, 6) is 0.106. The maximum absolute atomic E-state index is 9.21. The predicted octanol–water partition coefficient (Wildman–Crippen LogP) is 1.00. The Kier molecular flexibility index (Phi) is 3.67. The van der Waals surface area contributed by atoms with Crippen molar-refractivity contribution in [1.82, 2.24) is 0 Å². The van der Waals surface area contributed by atoms with Crippen molar-refractivity contribution < 1.29 is 10.2 Å². The molecule has 0 atom stereocenters. The van der Waals surface area contributed by atoms with Crippen molar-refractivity contribution in [3.63, 3.8) is 0 Å². The Morgan fingerprint density at radius 3 is 2.64 bits per heavy atom. The van der Waals surface area contributed by atoms with Gasteiger partial charge in [0, 0.05) is 17.1 Å². The number of benzene rings is 1. The van der Waals surface area contributed by atoms with Crippen LogP contribution in [0.15, 0.2) is 23.6 Å². The zero-order valence-corrected chi connectivity index (χ0v) is 8.29. The maximum Gasteiger partial charge on any atom is 0.158 e. The van der Waals surface area contributed by atoms with Gasteiger partial charge < -0.3 is 21.7 Å². The van der Waals surface area contributed by atoms with E-state index in [-0.39, 0.29) is 11.5 Å². The van der Waals surface area contributed by atoms with Gasteiger partial charge >= 0.3 is 0 Å². The number of hydrogen-bond acceptors (Lipinski definition) is 5. The third-order valence-electron chi connectivity index (χ3n) is 1.62. The van der Waals surface area contributed by atoms with E-state index in [0.717, 1.165) is 0 Å². The molecule has 0 amide bonds. The van der Waals surface area contributed by atoms with E-state index in [1.807, 2.05) is 0 Å². The number of rotatable bonds is 3. The highest BCUT2D eigenvalue weighted by Gasteiger charge is 2.02. The molecule has 1 rings (SSSR count). The highest BCUT2D eigenvalue weighted by Crippen LogP contribution is 2.27. The first-order valence-corrected chi connectivity index (χ1v) is 4.99. The highest BCUT2D eigenvalue weighted by atomic mass is 32.2. The van der Waals surface area contributed by atoms with E-state index >= 15 is 0 Å². The normalized spacial score (nSPS) is 11.6. The van der Waals surface area contributed by atoms with Crippen LogP contribution in [0.4, 0.5) is 0 Å². The molecule has 0 saturated heterocycles. The highest BCUT2D eigenvalue weighted by molar-refractivity contribution is 8.02. The molecule has 0 aromatic heterocycles. The molecule has 0 bridgehead atoms. The number of phenolic OH excluding ortho intramolecular Hbond substituents is 2. The summed E-state index contributed by atoms with van der Waals surface area (Å²) in [5, 5.41) is 20.0. The van der Waals surface area contributed by atoms with Crippen molar-refractivity contribution in [3.8, 4) is 11.5 Å². The van der Waals surface area contributed by atoms with Crippen LogP contribution < -0.4 is 11.5 Å². The minimum Gasteiger partial charge on any atom is -0.504 e. The first-order chi connectivity index (χ1) is 6.65. The van der Waals surface area contributed by atoms with Crippen molar-refractivity contribution >= 4 is 17.5 Å². The van der Waals surface area contributed by atoms with Crippen LogP contribution in [0.5, 0.6) is 11.5 Å². The number of aromatic hydroxyl groups is 2. The zero-order valence-electron chi connectivity index (χ0n) is 7.47. The maximum atomic E-state index is 9.21. The van der Waals surface area contributed by atoms with Crippen LogP contribution in [0.3, 0.4) is 0 Å². The van der Waals surface area contributed by atoms with Gasteiger partial charge in [-0.1, -0.05) is 0 Å². The van der Waals surface area contributed by atoms with E-state index in [0.29, 0.717) is 17.1 Å². The Labute approximate surface area is 86.2 Å². The smallest absolute Gasteiger partial charge is 0.158 e. The molecule has 5 heteroatoms. The van der Waals surface area contributed by atoms with Gasteiger partial charge in [-0.3, -0.25) is 0 Å². The third-order valence-corrected chi connectivity index (χ3v) is 2.23. The van der Waals surface area contributed by atoms with E-state index in [2.05, 4.69) is 0 Å². The van der Waals surface area contributed by atoms with Gasteiger partial charge in [0.2, 0.25) is 0 Å². The van der Waals surface area contributed by atoms with Gasteiger partial charge in [0.25, 0.3) is 0 Å². The monoisotopic (exact) mass is 212 g/mol. The van der Waals surface area contributed by atoms with E-state index in [9.17, 15) is 5.11 Å². The van der Waals surface area contributed by atoms with Crippen molar-refractivity contribution in [3.05, 3.63) is 29.2 Å². The molecule has 1 aromatic rings. The van der Waals surface area contributed by atoms with Crippen LogP contribution in [0.1, 0.15) is 5.56 Å². The van der Waals surface area contributed by atoms with E-state index < -0.39 is 0 Å². The minimum atomic E-state index is -0.184. The molecule has 1 aromatic carbocycles. The largest absolute Gasteiger partial charge is 0.504 e. The van der Waals surface area contributed by atoms with Gasteiger partial charge in [-0.05, 0) is 23.6 Å². The first-order valence-electron chi connectivity index (χ1n) is 3.95. The zero-order chi connectivity index (χ0) is 10.6. The molecule has 0 heterocycles. The Hall–Kier alpha value is -1.33. The lowest BCUT2D eigenvalue weighted by atomic mass is 10.1. The number of nitrogens with two attached hydrogens (primary N) is 2. The fourth-order valence-corrected chi connectivity index (χ4v) is 1.32. The molecular weight excluding hydrogens is 200 g/mol. The van der Waals surface area contributed by atoms with E-state index in [4.69, 9.17) is 16.6 Å². The second-order valence-corrected chi connectivity index (χ2v) is 3.51. The first kappa shape index (κ1) is 10.7. The van der Waals surface area contributed by atoms with Crippen LogP contribution >= 0.6 is 11.8 Å². The quantitative estimate of drug-likeness (QED) is 0.443. The molecule has 0 spiro atoms. The lowest BCUT2D eigenvalue weighted by Gasteiger charge is -2.03. The van der Waals surface area contributed by atoms with Crippen LogP contribution in [0.25, 0.3) is 5.70 Å². The summed E-state index contributed by atoms with van der Waals surface area (Å²) in [6, 6.07) is 4.41. The van der Waals surface area contributed by atoms with Gasteiger partial charge in [0.05, 0.1) is 0 Å². The second-order valence-electron chi connectivity index (χ2n) is 2.61. The molecule has 0 aliphatic rings. The molecule has 0 aliphatic carbocycles. The Morgan fingerprint density at radius 1 is 1.36 bits per heavy atom. The molecule has 0 aliphatic heterocycles. The molecule has 4 nitrogen and oxygen atoms in total. The fourth-order valence-electron chi connectivity index (χ4n) is 0.909. The summed E-state index contributed by atoms with van der Waals surface area (Å²) in [6.45, 7) is 0. The summed E-state index contributed by atoms with van der Waals surface area (Å²) < 4.78 is 0. The molecule has 6 N–H and O–H groups in total. The lowest BCUT2D eigenvalue weighted by Crippen LogP contribution is -1.96. The van der Waals surface area contributed by atoms with Crippen molar-refractivity contribution in [2.24, 2.45) is 11.5 Å². The topological polar surface area (TPSA) is 92.5 Å². The average Bonchev–Trinajstić information content (AvgIpc) is 2.18. The van der Waals surface area contributed by atoms with Gasteiger partial charge in [0.1, 0.15) is 0 Å². The number of hydrogen-bond donors (Lipinski definition) is 4. The Bertz CT molecular complexity index is 353. The summed E-state index contributed by atoms with van der Waals surface area (Å²) in [5.41, 5.74) is 12.1. The predicted molar refractivity (Wildman–Crippen MR) is 58.6 cm³/mol. The summed E-state index contributed by atoms with van der Waals surface area (Å²) in [7, 11) is 0. The average molecular weight is 212 g/mol. The van der Waals surface area contributed by atoms with Crippen LogP contribution in [-0.4, -0.2) is 16.1 Å². The van der Waals surface area contributed by atoms with E-state index in [1.54, 1.807) is 11.5 Å². The molecule has 0 radical (unpaired) electrons. The SMILES string of the molecule is NCS/C=C(\N)c1ccc(O)c(O)c1. The molecule has 14 heavy (non-hydrogen) atoms. The van der Waals surface area contributed by atoms with Crippen LogP contribution in [-0.2, 0) is 0 Å². The molecule has 0 saturated carbocycles. The van der Waals surface area contributed by atoms with Crippen LogP contribution in [0, 0.1) is 0 Å². The Morgan fingerprint density at radius 2 is 2.07 bits per heavy atom. The molecule has 0 unspecified atom stereocenters. The van der Waals surface area contributed by atoms with Crippen molar-refractivity contribution in [2.45, 2.75) is 0 Å². The summed E-state index contributed by atoms with van der Waals surface area (Å²) in [4.78, 5) is 0. The Balaban J connectivity index is 2.91. The summed E-state index contributed by atoms with van der Waals surface area (Å²) in [6.07, 6.45) is 0. The van der Waals surface area contributed by atoms with Gasteiger partial charge in [-0.2, -0.15) is 0 Å². The van der Waals surface area contributed by atoms with Crippen molar-refractivity contribution in [2.75, 3.05) is 5.88 Å². The molecular formula is C9H12N2O2S. The summed E-state index contributed by atoms with van der Waals surface area (Å²) >= 11 is 1.37. The third kappa shape index (κ3) is 2.58.